The minimum atomic E-state index is -0.460. The van der Waals surface area contributed by atoms with Gasteiger partial charge in [-0.05, 0) is 31.4 Å². The Morgan fingerprint density at radius 2 is 2.25 bits per heavy atom. The van der Waals surface area contributed by atoms with Crippen molar-refractivity contribution in [3.63, 3.8) is 0 Å². The first kappa shape index (κ1) is 16.2. The number of anilines is 1. The van der Waals surface area contributed by atoms with Gasteiger partial charge in [0.25, 0.3) is 0 Å². The van der Waals surface area contributed by atoms with E-state index >= 15 is 0 Å². The van der Waals surface area contributed by atoms with Crippen molar-refractivity contribution >= 4 is 17.5 Å². The highest BCUT2D eigenvalue weighted by Crippen LogP contribution is 2.20. The molecule has 126 valence electrons. The molecule has 1 unspecified atom stereocenters. The van der Waals surface area contributed by atoms with Crippen molar-refractivity contribution in [3.8, 4) is 0 Å². The van der Waals surface area contributed by atoms with Gasteiger partial charge in [-0.25, -0.2) is 4.98 Å². The molecule has 1 aliphatic heterocycles. The predicted octanol–water partition coefficient (Wildman–Crippen LogP) is 1.06. The lowest BCUT2D eigenvalue weighted by atomic mass is 10.0. The summed E-state index contributed by atoms with van der Waals surface area (Å²) < 4.78 is 1.89. The molecule has 0 saturated carbocycles. The molecule has 0 radical (unpaired) electrons. The van der Waals surface area contributed by atoms with E-state index in [4.69, 9.17) is 0 Å². The van der Waals surface area contributed by atoms with Crippen LogP contribution in [0.1, 0.15) is 25.0 Å². The Hall–Kier alpha value is -2.70. The molecule has 0 aliphatic carbocycles. The van der Waals surface area contributed by atoms with Crippen molar-refractivity contribution in [1.82, 2.24) is 19.9 Å². The predicted molar refractivity (Wildman–Crippen MR) is 89.3 cm³/mol. The molecule has 1 N–H and O–H groups in total. The summed E-state index contributed by atoms with van der Waals surface area (Å²) in [5.74, 6) is -0.175. The molecule has 1 saturated heterocycles. The van der Waals surface area contributed by atoms with Gasteiger partial charge in [-0.2, -0.15) is 0 Å². The number of nitrogens with one attached hydrogen (secondary N) is 1. The minimum absolute atomic E-state index is 0.0665. The van der Waals surface area contributed by atoms with Gasteiger partial charge in [0.05, 0.1) is 18.2 Å². The van der Waals surface area contributed by atoms with Gasteiger partial charge in [-0.3, -0.25) is 14.6 Å². The van der Waals surface area contributed by atoms with E-state index in [1.165, 1.54) is 0 Å². The zero-order valence-electron chi connectivity index (χ0n) is 13.7. The van der Waals surface area contributed by atoms with E-state index in [9.17, 15) is 9.59 Å². The van der Waals surface area contributed by atoms with Crippen molar-refractivity contribution in [2.24, 2.45) is 7.05 Å². The molecule has 24 heavy (non-hydrogen) atoms. The van der Waals surface area contributed by atoms with Crippen LogP contribution in [0, 0.1) is 0 Å². The second-order valence-electron chi connectivity index (χ2n) is 5.96. The fourth-order valence-corrected chi connectivity index (χ4v) is 2.91. The summed E-state index contributed by atoms with van der Waals surface area (Å²) in [7, 11) is 1.90. The number of carbonyl (C=O) groups is 2. The monoisotopic (exact) mass is 327 g/mol. The van der Waals surface area contributed by atoms with Gasteiger partial charge < -0.3 is 14.8 Å². The van der Waals surface area contributed by atoms with Crippen molar-refractivity contribution in [2.75, 3.05) is 11.4 Å². The first-order valence-corrected chi connectivity index (χ1v) is 8.11. The van der Waals surface area contributed by atoms with Gasteiger partial charge in [0.1, 0.15) is 6.04 Å². The highest BCUT2D eigenvalue weighted by Gasteiger charge is 2.30. The van der Waals surface area contributed by atoms with Gasteiger partial charge in [0, 0.05) is 38.1 Å². The molecule has 0 aromatic carbocycles. The first-order chi connectivity index (χ1) is 11.6. The van der Waals surface area contributed by atoms with Gasteiger partial charge in [-0.15, -0.1) is 0 Å². The minimum Gasteiger partial charge on any atom is -0.344 e. The lowest BCUT2D eigenvalue weighted by Crippen LogP contribution is -2.52. The average Bonchev–Trinajstić information content (AvgIpc) is 3.01. The van der Waals surface area contributed by atoms with Crippen LogP contribution >= 0.6 is 0 Å². The zero-order chi connectivity index (χ0) is 16.9. The average molecular weight is 327 g/mol. The van der Waals surface area contributed by atoms with Gasteiger partial charge in [-0.1, -0.05) is 0 Å². The second kappa shape index (κ2) is 7.25. The maximum Gasteiger partial charge on any atom is 0.249 e. The number of carbonyl (C=O) groups excluding carboxylic acids is 2. The Balaban J connectivity index is 1.57. The smallest absolute Gasteiger partial charge is 0.249 e. The SMILES string of the molecule is Cn1cncc1CCC(=O)NC1CCCN(c2cccnc2)C1=O. The van der Waals surface area contributed by atoms with Crippen LogP contribution in [0.3, 0.4) is 0 Å². The van der Waals surface area contributed by atoms with Crippen LogP contribution in [0.25, 0.3) is 0 Å². The number of aryl methyl sites for hydroxylation is 2. The zero-order valence-corrected chi connectivity index (χ0v) is 13.7. The number of hydrogen-bond acceptors (Lipinski definition) is 4. The normalized spacial score (nSPS) is 17.8. The van der Waals surface area contributed by atoms with Crippen LogP contribution in [0.15, 0.2) is 37.1 Å². The van der Waals surface area contributed by atoms with E-state index in [1.807, 2.05) is 17.7 Å². The summed E-state index contributed by atoms with van der Waals surface area (Å²) in [5, 5.41) is 2.87. The Kier molecular flexibility index (Phi) is 4.88. The summed E-state index contributed by atoms with van der Waals surface area (Å²) in [6.07, 6.45) is 9.29. The number of hydrogen-bond donors (Lipinski definition) is 1. The quantitative estimate of drug-likeness (QED) is 0.890. The summed E-state index contributed by atoms with van der Waals surface area (Å²) in [5.41, 5.74) is 1.77. The molecule has 0 spiro atoms. The van der Waals surface area contributed by atoms with E-state index in [0.29, 0.717) is 25.8 Å². The largest absolute Gasteiger partial charge is 0.344 e. The molecule has 7 heteroatoms. The highest BCUT2D eigenvalue weighted by molar-refractivity contribution is 5.99. The van der Waals surface area contributed by atoms with Gasteiger partial charge in [0.2, 0.25) is 11.8 Å². The van der Waals surface area contributed by atoms with Crippen LogP contribution in [-0.4, -0.2) is 38.9 Å². The second-order valence-corrected chi connectivity index (χ2v) is 5.96. The maximum absolute atomic E-state index is 12.6. The summed E-state index contributed by atoms with van der Waals surface area (Å²) >= 11 is 0. The Bertz CT molecular complexity index is 713. The molecule has 1 atom stereocenters. The maximum atomic E-state index is 12.6. The molecule has 1 fully saturated rings. The molecule has 3 heterocycles. The number of nitrogens with zero attached hydrogens (tertiary/aromatic N) is 4. The van der Waals surface area contributed by atoms with Gasteiger partial charge in [0.15, 0.2) is 0 Å². The third kappa shape index (κ3) is 3.61. The summed E-state index contributed by atoms with van der Waals surface area (Å²) in [6, 6.07) is 3.20. The van der Waals surface area contributed by atoms with Crippen LogP contribution in [0.2, 0.25) is 0 Å². The van der Waals surface area contributed by atoms with Crippen LogP contribution in [-0.2, 0) is 23.1 Å². The molecule has 2 aromatic heterocycles. The molecule has 0 bridgehead atoms. The Morgan fingerprint density at radius 3 is 2.96 bits per heavy atom. The van der Waals surface area contributed by atoms with Crippen LogP contribution in [0.4, 0.5) is 5.69 Å². The number of rotatable bonds is 5. The fourth-order valence-electron chi connectivity index (χ4n) is 2.91. The number of amides is 2. The molecule has 2 amide bonds. The molecule has 1 aliphatic rings. The van der Waals surface area contributed by atoms with Crippen molar-refractivity contribution < 1.29 is 9.59 Å². The number of imidazole rings is 1. The Labute approximate surface area is 140 Å². The van der Waals surface area contributed by atoms with Crippen molar-refractivity contribution in [2.45, 2.75) is 31.7 Å². The first-order valence-electron chi connectivity index (χ1n) is 8.11. The standard InChI is InChI=1S/C17H21N5O2/c1-21-12-19-10-13(21)6-7-16(23)20-15-5-3-9-22(17(15)24)14-4-2-8-18-11-14/h2,4,8,10-12,15H,3,5-7,9H2,1H3,(H,20,23). The third-order valence-corrected chi connectivity index (χ3v) is 4.26. The number of piperidine rings is 1. The van der Waals surface area contributed by atoms with Gasteiger partial charge >= 0.3 is 0 Å². The van der Waals surface area contributed by atoms with Crippen molar-refractivity contribution in [1.29, 1.82) is 0 Å². The summed E-state index contributed by atoms with van der Waals surface area (Å²) in [4.78, 5) is 34.6. The molecule has 3 rings (SSSR count). The lowest BCUT2D eigenvalue weighted by Gasteiger charge is -2.32. The topological polar surface area (TPSA) is 80.1 Å². The van der Waals surface area contributed by atoms with E-state index in [-0.39, 0.29) is 11.8 Å². The van der Waals surface area contributed by atoms with E-state index in [2.05, 4.69) is 15.3 Å². The third-order valence-electron chi connectivity index (χ3n) is 4.26. The highest BCUT2D eigenvalue weighted by atomic mass is 16.2. The number of aromatic nitrogens is 3. The van der Waals surface area contributed by atoms with Crippen LogP contribution < -0.4 is 10.2 Å². The molecular weight excluding hydrogens is 306 g/mol. The summed E-state index contributed by atoms with van der Waals surface area (Å²) in [6.45, 7) is 0.659. The van der Waals surface area contributed by atoms with E-state index in [1.54, 1.807) is 35.9 Å². The molecular formula is C17H21N5O2. The molecule has 2 aromatic rings. The van der Waals surface area contributed by atoms with Crippen LogP contribution in [0.5, 0.6) is 0 Å². The molecule has 7 nitrogen and oxygen atoms in total. The van der Waals surface area contributed by atoms with E-state index < -0.39 is 6.04 Å². The fraction of sp³-hybridized carbons (Fsp3) is 0.412. The number of pyridine rings is 1. The van der Waals surface area contributed by atoms with Crippen molar-refractivity contribution in [3.05, 3.63) is 42.7 Å². The van der Waals surface area contributed by atoms with E-state index in [0.717, 1.165) is 17.8 Å². The lowest BCUT2D eigenvalue weighted by molar-refractivity contribution is -0.128. The Morgan fingerprint density at radius 1 is 1.38 bits per heavy atom.